The van der Waals surface area contributed by atoms with Crippen molar-refractivity contribution in [2.45, 2.75) is 0 Å². The lowest BCUT2D eigenvalue weighted by molar-refractivity contribution is 0.494. The van der Waals surface area contributed by atoms with Crippen molar-refractivity contribution in [2.75, 3.05) is 13.3 Å². The van der Waals surface area contributed by atoms with Gasteiger partial charge < -0.3 is 9.05 Å². The second kappa shape index (κ2) is 8.64. The van der Waals surface area contributed by atoms with E-state index in [9.17, 15) is 9.13 Å². The van der Waals surface area contributed by atoms with Gasteiger partial charge in [0.1, 0.15) is 11.5 Å². The number of halogens is 2. The van der Waals surface area contributed by atoms with Crippen LogP contribution in [0.1, 0.15) is 0 Å². The van der Waals surface area contributed by atoms with E-state index in [0.717, 1.165) is 0 Å². The van der Waals surface area contributed by atoms with Crippen molar-refractivity contribution >= 4 is 35.9 Å². The van der Waals surface area contributed by atoms with Crippen molar-refractivity contribution in [1.29, 1.82) is 0 Å². The van der Waals surface area contributed by atoms with Gasteiger partial charge in [-0.25, -0.2) is 4.57 Å². The molecule has 8 heteroatoms. The maximum atomic E-state index is 11.2. The zero-order chi connectivity index (χ0) is 16.6. The first-order valence-corrected chi connectivity index (χ1v) is 12.1. The maximum Gasteiger partial charge on any atom is 0.428 e. The van der Waals surface area contributed by atoms with Crippen molar-refractivity contribution in [3.63, 3.8) is 0 Å². The van der Waals surface area contributed by atoms with Crippen molar-refractivity contribution in [1.82, 2.24) is 0 Å². The summed E-state index contributed by atoms with van der Waals surface area (Å²) in [5, 5.41) is 0. The van der Waals surface area contributed by atoms with Crippen molar-refractivity contribution in [3.8, 4) is 11.5 Å². The third kappa shape index (κ3) is 9.92. The molecule has 0 N–H and O–H groups in total. The summed E-state index contributed by atoms with van der Waals surface area (Å²) in [6, 6.07) is 17.7. The Bertz CT molecular complexity index is 594. The average molecular weight is 381 g/mol. The molecule has 0 aliphatic heterocycles. The van der Waals surface area contributed by atoms with Gasteiger partial charge in [0.2, 0.25) is 7.37 Å². The Morgan fingerprint density at radius 1 is 0.727 bits per heavy atom. The molecule has 0 spiro atoms. The zero-order valence-corrected chi connectivity index (χ0v) is 15.4. The highest BCUT2D eigenvalue weighted by molar-refractivity contribution is 8.05. The van der Waals surface area contributed by atoms with Crippen LogP contribution in [0.25, 0.3) is 0 Å². The topological polar surface area (TPSA) is 52.6 Å². The van der Waals surface area contributed by atoms with Crippen LogP contribution in [0.3, 0.4) is 0 Å². The van der Waals surface area contributed by atoms with E-state index in [1.807, 2.05) is 18.2 Å². The van der Waals surface area contributed by atoms with Gasteiger partial charge in [-0.05, 0) is 24.3 Å². The molecule has 0 heterocycles. The number of rotatable bonds is 4. The third-order valence-electron chi connectivity index (χ3n) is 2.02. The van der Waals surface area contributed by atoms with Crippen LogP contribution in [0, 0.1) is 0 Å². The molecule has 0 saturated heterocycles. The van der Waals surface area contributed by atoms with Gasteiger partial charge in [-0.1, -0.05) is 36.4 Å². The van der Waals surface area contributed by atoms with Gasteiger partial charge in [0.05, 0.1) is 0 Å². The zero-order valence-electron chi connectivity index (χ0n) is 12.1. The van der Waals surface area contributed by atoms with Crippen LogP contribution >= 0.6 is 35.9 Å². The Hall–Kier alpha value is -0.920. The van der Waals surface area contributed by atoms with E-state index in [-0.39, 0.29) is 0 Å². The monoisotopic (exact) mass is 380 g/mol. The molecule has 22 heavy (non-hydrogen) atoms. The molecular formula is C14H16Cl2O4P2. The Labute approximate surface area is 139 Å². The van der Waals surface area contributed by atoms with Crippen molar-refractivity contribution in [2.24, 2.45) is 0 Å². The normalized spacial score (nSPS) is 11.1. The molecule has 0 atom stereocenters. The van der Waals surface area contributed by atoms with E-state index in [1.165, 1.54) is 0 Å². The molecule has 0 aromatic heterocycles. The van der Waals surface area contributed by atoms with E-state index in [1.54, 1.807) is 55.8 Å². The molecule has 0 bridgehead atoms. The van der Waals surface area contributed by atoms with Crippen LogP contribution in [0.15, 0.2) is 60.7 Å². The molecule has 2 rings (SSSR count). The lowest BCUT2D eigenvalue weighted by Gasteiger charge is -2.08. The summed E-state index contributed by atoms with van der Waals surface area (Å²) < 4.78 is 31.7. The van der Waals surface area contributed by atoms with Crippen LogP contribution in [0.4, 0.5) is 0 Å². The van der Waals surface area contributed by atoms with Gasteiger partial charge >= 0.3 is 6.07 Å². The molecule has 0 fully saturated rings. The molecule has 0 unspecified atom stereocenters. The first-order chi connectivity index (χ1) is 10.2. The summed E-state index contributed by atoms with van der Waals surface area (Å²) in [6.07, 6.45) is -3.44. The summed E-state index contributed by atoms with van der Waals surface area (Å²) >= 11 is 10.3. The van der Waals surface area contributed by atoms with Crippen LogP contribution in [-0.4, -0.2) is 13.3 Å². The maximum absolute atomic E-state index is 11.2. The first-order valence-electron chi connectivity index (χ1n) is 6.19. The standard InChI is InChI=1S/C8H11O2P.C6H5Cl2O2P/c1-11(2,9)10-8-6-4-3-5-7-8;7-11(8,9)10-6-4-2-1-3-5-6/h3-7H,1-2H3;1-5H. The number of para-hydroxylation sites is 2. The molecule has 0 saturated carbocycles. The van der Waals surface area contributed by atoms with E-state index < -0.39 is 13.4 Å². The number of hydrogen-bond donors (Lipinski definition) is 0. The fourth-order valence-corrected chi connectivity index (χ4v) is 2.81. The quantitative estimate of drug-likeness (QED) is 0.587. The second-order valence-electron chi connectivity index (χ2n) is 4.48. The molecule has 0 aliphatic rings. The molecule has 0 aliphatic carbocycles. The summed E-state index contributed by atoms with van der Waals surface area (Å²) in [7, 11) is -2.39. The van der Waals surface area contributed by atoms with Crippen LogP contribution in [0.5, 0.6) is 11.5 Å². The van der Waals surface area contributed by atoms with Crippen LogP contribution < -0.4 is 9.05 Å². The number of benzene rings is 2. The van der Waals surface area contributed by atoms with Gasteiger partial charge in [0, 0.05) is 35.8 Å². The fraction of sp³-hybridized carbons (Fsp3) is 0.143. The van der Waals surface area contributed by atoms with E-state index >= 15 is 0 Å². The third-order valence-corrected chi connectivity index (χ3v) is 3.51. The van der Waals surface area contributed by atoms with Crippen molar-refractivity contribution in [3.05, 3.63) is 60.7 Å². The van der Waals surface area contributed by atoms with Crippen LogP contribution in [0.2, 0.25) is 0 Å². The molecular weight excluding hydrogens is 365 g/mol. The fourth-order valence-electron chi connectivity index (χ4n) is 1.34. The summed E-state index contributed by atoms with van der Waals surface area (Å²) in [4.78, 5) is 0. The molecule has 2 aromatic rings. The summed E-state index contributed by atoms with van der Waals surface area (Å²) in [6.45, 7) is 3.19. The van der Waals surface area contributed by atoms with Crippen molar-refractivity contribution < 1.29 is 18.2 Å². The SMILES string of the molecule is CP(C)(=O)Oc1ccccc1.O=P(Cl)(Cl)Oc1ccccc1. The predicted molar refractivity (Wildman–Crippen MR) is 92.9 cm³/mol. The Morgan fingerprint density at radius 3 is 1.41 bits per heavy atom. The molecule has 0 radical (unpaired) electrons. The Balaban J connectivity index is 0.000000220. The smallest absolute Gasteiger partial charge is 0.428 e. The molecule has 2 aromatic carbocycles. The summed E-state index contributed by atoms with van der Waals surface area (Å²) in [5.74, 6) is 1.07. The number of hydrogen-bond acceptors (Lipinski definition) is 4. The largest absolute Gasteiger partial charge is 0.443 e. The minimum Gasteiger partial charge on any atom is -0.443 e. The molecule has 120 valence electrons. The van der Waals surface area contributed by atoms with E-state index in [4.69, 9.17) is 27.0 Å². The highest BCUT2D eigenvalue weighted by Crippen LogP contribution is 2.56. The molecule has 4 nitrogen and oxygen atoms in total. The minimum atomic E-state index is -3.44. The Morgan fingerprint density at radius 2 is 1.09 bits per heavy atom. The minimum absolute atomic E-state index is 0.404. The van der Waals surface area contributed by atoms with Gasteiger partial charge in [-0.3, -0.25) is 4.57 Å². The van der Waals surface area contributed by atoms with Gasteiger partial charge in [-0.15, -0.1) is 0 Å². The summed E-state index contributed by atoms with van der Waals surface area (Å²) in [5.41, 5.74) is 0. The lowest BCUT2D eigenvalue weighted by atomic mass is 10.3. The highest BCUT2D eigenvalue weighted by atomic mass is 35.9. The van der Waals surface area contributed by atoms with Crippen LogP contribution in [-0.2, 0) is 9.13 Å². The van der Waals surface area contributed by atoms with E-state index in [0.29, 0.717) is 11.5 Å². The highest BCUT2D eigenvalue weighted by Gasteiger charge is 2.15. The molecule has 0 amide bonds. The average Bonchev–Trinajstić information content (AvgIpc) is 2.38. The van der Waals surface area contributed by atoms with E-state index in [2.05, 4.69) is 4.52 Å². The first kappa shape index (κ1) is 19.1. The van der Waals surface area contributed by atoms with Gasteiger partial charge in [0.25, 0.3) is 0 Å². The second-order valence-corrected chi connectivity index (χ2v) is 11.4. The van der Waals surface area contributed by atoms with Gasteiger partial charge in [0.15, 0.2) is 0 Å². The van der Waals surface area contributed by atoms with Gasteiger partial charge in [-0.2, -0.15) is 0 Å². The Kier molecular flexibility index (Phi) is 7.52. The lowest BCUT2D eigenvalue weighted by Crippen LogP contribution is -1.87. The predicted octanol–water partition coefficient (Wildman–Crippen LogP) is 6.25.